The first-order valence-electron chi connectivity index (χ1n) is 6.21. The van der Waals surface area contributed by atoms with Crippen LogP contribution in [0.4, 0.5) is 4.39 Å². The van der Waals surface area contributed by atoms with Crippen molar-refractivity contribution < 1.29 is 14.2 Å². The van der Waals surface area contributed by atoms with Gasteiger partial charge in [-0.3, -0.25) is 0 Å². The molecule has 0 heterocycles. The van der Waals surface area contributed by atoms with Crippen molar-refractivity contribution in [3.05, 3.63) is 34.6 Å². The van der Waals surface area contributed by atoms with Crippen molar-refractivity contribution >= 4 is 11.6 Å². The van der Waals surface area contributed by atoms with E-state index >= 15 is 0 Å². The van der Waals surface area contributed by atoms with Crippen molar-refractivity contribution in [2.24, 2.45) is 0 Å². The summed E-state index contributed by atoms with van der Waals surface area (Å²) in [4.78, 5) is 0. The average molecular weight is 273 g/mol. The normalized spacial score (nSPS) is 28.3. The fourth-order valence-electron chi connectivity index (χ4n) is 2.56. The Morgan fingerprint density at radius 3 is 2.67 bits per heavy atom. The van der Waals surface area contributed by atoms with Crippen molar-refractivity contribution in [1.29, 1.82) is 0 Å². The summed E-state index contributed by atoms with van der Waals surface area (Å²) >= 11 is 5.71. The van der Waals surface area contributed by atoms with E-state index in [1.807, 2.05) is 0 Å². The topological polar surface area (TPSA) is 29.5 Å². The van der Waals surface area contributed by atoms with E-state index in [1.54, 1.807) is 19.2 Å². The van der Waals surface area contributed by atoms with Gasteiger partial charge in [0.2, 0.25) is 0 Å². The molecule has 18 heavy (non-hydrogen) atoms. The van der Waals surface area contributed by atoms with Crippen LogP contribution in [-0.4, -0.2) is 23.9 Å². The van der Waals surface area contributed by atoms with E-state index in [4.69, 9.17) is 16.3 Å². The van der Waals surface area contributed by atoms with Crippen LogP contribution in [0.3, 0.4) is 0 Å². The number of hydrogen-bond donors (Lipinski definition) is 1. The summed E-state index contributed by atoms with van der Waals surface area (Å²) in [5.41, 5.74) is -0.290. The Hall–Kier alpha value is -0.640. The number of hydrogen-bond acceptors (Lipinski definition) is 2. The molecule has 0 saturated heterocycles. The predicted octanol–water partition coefficient (Wildman–Crippen LogP) is 3.34. The zero-order chi connectivity index (χ0) is 13.2. The Labute approximate surface area is 112 Å². The second-order valence-electron chi connectivity index (χ2n) is 5.07. The van der Waals surface area contributed by atoms with Gasteiger partial charge in [-0.05, 0) is 43.4 Å². The minimum Gasteiger partial charge on any atom is -0.390 e. The van der Waals surface area contributed by atoms with Crippen molar-refractivity contribution in [1.82, 2.24) is 0 Å². The van der Waals surface area contributed by atoms with Crippen LogP contribution in [0.25, 0.3) is 0 Å². The molecule has 0 spiro atoms. The molecule has 0 atom stereocenters. The molecule has 1 aliphatic rings. The average Bonchev–Trinajstić information content (AvgIpc) is 2.34. The molecule has 1 aliphatic carbocycles. The van der Waals surface area contributed by atoms with E-state index in [-0.39, 0.29) is 11.9 Å². The molecule has 0 radical (unpaired) electrons. The van der Waals surface area contributed by atoms with Crippen LogP contribution in [0.2, 0.25) is 5.02 Å². The van der Waals surface area contributed by atoms with Gasteiger partial charge in [0.25, 0.3) is 0 Å². The minimum absolute atomic E-state index is 0.223. The third-order valence-electron chi connectivity index (χ3n) is 3.73. The quantitative estimate of drug-likeness (QED) is 0.914. The molecule has 0 unspecified atom stereocenters. The van der Waals surface area contributed by atoms with Gasteiger partial charge >= 0.3 is 0 Å². The number of halogens is 2. The highest BCUT2D eigenvalue weighted by Gasteiger charge is 2.33. The van der Waals surface area contributed by atoms with Gasteiger partial charge in [-0.1, -0.05) is 17.7 Å². The van der Waals surface area contributed by atoms with E-state index in [2.05, 4.69) is 0 Å². The minimum atomic E-state index is -0.816. The fourth-order valence-corrected chi connectivity index (χ4v) is 2.72. The zero-order valence-electron chi connectivity index (χ0n) is 10.5. The number of aliphatic hydroxyl groups is 1. The van der Waals surface area contributed by atoms with Crippen molar-refractivity contribution in [3.8, 4) is 0 Å². The first-order valence-corrected chi connectivity index (χ1v) is 6.59. The molecule has 0 aromatic heterocycles. The Balaban J connectivity index is 2.04. The van der Waals surface area contributed by atoms with Crippen LogP contribution in [0.15, 0.2) is 18.2 Å². The van der Waals surface area contributed by atoms with Crippen molar-refractivity contribution in [2.45, 2.75) is 43.8 Å². The Morgan fingerprint density at radius 2 is 2.11 bits per heavy atom. The molecule has 1 saturated carbocycles. The molecule has 1 N–H and O–H groups in total. The summed E-state index contributed by atoms with van der Waals surface area (Å²) in [6.45, 7) is 0. The third kappa shape index (κ3) is 3.22. The maximum atomic E-state index is 13.7. The van der Waals surface area contributed by atoms with Crippen molar-refractivity contribution in [3.63, 3.8) is 0 Å². The number of ether oxygens (including phenoxy) is 1. The van der Waals surface area contributed by atoms with Crippen LogP contribution in [-0.2, 0) is 11.2 Å². The molecule has 2 nitrogen and oxygen atoms in total. The van der Waals surface area contributed by atoms with Crippen LogP contribution in [0.1, 0.15) is 31.2 Å². The van der Waals surface area contributed by atoms with Crippen molar-refractivity contribution in [2.75, 3.05) is 7.11 Å². The third-order valence-corrected chi connectivity index (χ3v) is 3.97. The van der Waals surface area contributed by atoms with Gasteiger partial charge in [-0.2, -0.15) is 0 Å². The number of rotatable bonds is 3. The molecule has 4 heteroatoms. The smallest absolute Gasteiger partial charge is 0.127 e. The first kappa shape index (κ1) is 13.8. The summed E-state index contributed by atoms with van der Waals surface area (Å²) in [5, 5.41) is 10.9. The monoisotopic (exact) mass is 272 g/mol. The van der Waals surface area contributed by atoms with Gasteiger partial charge in [-0.25, -0.2) is 4.39 Å². The standard InChI is InChI=1S/C14H18ClFO2/c1-18-12-4-6-14(17,7-5-12)9-10-2-3-11(15)8-13(10)16/h2-3,8,12,17H,4-7,9H2,1H3. The predicted molar refractivity (Wildman–Crippen MR) is 69.3 cm³/mol. The van der Waals surface area contributed by atoms with Crippen LogP contribution < -0.4 is 0 Å². The molecule has 0 aliphatic heterocycles. The highest BCUT2D eigenvalue weighted by Crippen LogP contribution is 2.33. The largest absolute Gasteiger partial charge is 0.390 e. The fraction of sp³-hybridized carbons (Fsp3) is 0.571. The second kappa shape index (κ2) is 5.55. The highest BCUT2D eigenvalue weighted by molar-refractivity contribution is 6.30. The van der Waals surface area contributed by atoms with Gasteiger partial charge in [0.05, 0.1) is 11.7 Å². The number of benzene rings is 1. The SMILES string of the molecule is COC1CCC(O)(Cc2ccc(Cl)cc2F)CC1. The lowest BCUT2D eigenvalue weighted by molar-refractivity contribution is -0.0431. The molecule has 100 valence electrons. The Kier molecular flexibility index (Phi) is 4.25. The van der Waals surface area contributed by atoms with E-state index in [1.165, 1.54) is 6.07 Å². The first-order chi connectivity index (χ1) is 8.52. The number of methoxy groups -OCH3 is 1. The van der Waals surface area contributed by atoms with E-state index in [9.17, 15) is 9.50 Å². The molecule has 1 fully saturated rings. The summed E-state index contributed by atoms with van der Waals surface area (Å²) < 4.78 is 19.0. The van der Waals surface area contributed by atoms with Crippen LogP contribution >= 0.6 is 11.6 Å². The molecular weight excluding hydrogens is 255 g/mol. The Bertz CT molecular complexity index is 414. The molecule has 0 bridgehead atoms. The highest BCUT2D eigenvalue weighted by atomic mass is 35.5. The molecular formula is C14H18ClFO2. The van der Waals surface area contributed by atoms with Gasteiger partial charge in [0.15, 0.2) is 0 Å². The summed E-state index contributed by atoms with van der Waals surface area (Å²) in [6.07, 6.45) is 3.50. The summed E-state index contributed by atoms with van der Waals surface area (Å²) in [6, 6.07) is 4.60. The van der Waals surface area contributed by atoms with Gasteiger partial charge < -0.3 is 9.84 Å². The lowest BCUT2D eigenvalue weighted by Gasteiger charge is -2.35. The van der Waals surface area contributed by atoms with Gasteiger partial charge in [0.1, 0.15) is 5.82 Å². The van der Waals surface area contributed by atoms with E-state index < -0.39 is 5.60 Å². The maximum Gasteiger partial charge on any atom is 0.127 e. The van der Waals surface area contributed by atoms with Crippen LogP contribution in [0.5, 0.6) is 0 Å². The summed E-state index contributed by atoms with van der Waals surface area (Å²) in [5.74, 6) is -0.343. The lowest BCUT2D eigenvalue weighted by Crippen LogP contribution is -2.38. The Morgan fingerprint density at radius 1 is 1.44 bits per heavy atom. The molecule has 1 aromatic carbocycles. The van der Waals surface area contributed by atoms with Crippen LogP contribution in [0, 0.1) is 5.82 Å². The van der Waals surface area contributed by atoms with E-state index in [0.717, 1.165) is 12.8 Å². The second-order valence-corrected chi connectivity index (χ2v) is 5.51. The van der Waals surface area contributed by atoms with Gasteiger partial charge in [0, 0.05) is 18.6 Å². The lowest BCUT2D eigenvalue weighted by atomic mass is 9.79. The molecule has 2 rings (SSSR count). The van der Waals surface area contributed by atoms with E-state index in [0.29, 0.717) is 29.8 Å². The van der Waals surface area contributed by atoms with Gasteiger partial charge in [-0.15, -0.1) is 0 Å². The zero-order valence-corrected chi connectivity index (χ0v) is 11.2. The molecule has 0 amide bonds. The molecule has 1 aromatic rings. The maximum absolute atomic E-state index is 13.7. The summed E-state index contributed by atoms with van der Waals surface area (Å²) in [7, 11) is 1.69.